The molecule has 1 saturated heterocycles. The third-order valence-electron chi connectivity index (χ3n) is 6.27. The topological polar surface area (TPSA) is 48.4 Å². The monoisotopic (exact) mass is 449 g/mol. The molecule has 0 bridgehead atoms. The molecule has 1 aromatic carbocycles. The van der Waals surface area contributed by atoms with Crippen LogP contribution in [0.3, 0.4) is 0 Å². The lowest BCUT2D eigenvalue weighted by Crippen LogP contribution is -2.24. The molecule has 2 heterocycles. The summed E-state index contributed by atoms with van der Waals surface area (Å²) in [7, 11) is 0. The number of aromatic nitrogens is 1. The van der Waals surface area contributed by atoms with Gasteiger partial charge in [-0.2, -0.15) is 0 Å². The van der Waals surface area contributed by atoms with E-state index in [9.17, 15) is 4.79 Å². The number of allylic oxidation sites excluding steroid dienone is 2. The Balaban J connectivity index is 1.74. The van der Waals surface area contributed by atoms with Gasteiger partial charge in [-0.3, -0.25) is 9.78 Å². The zero-order valence-corrected chi connectivity index (χ0v) is 20.4. The van der Waals surface area contributed by atoms with Gasteiger partial charge in [-0.1, -0.05) is 62.8 Å². The van der Waals surface area contributed by atoms with Crippen molar-refractivity contribution in [3.05, 3.63) is 77.6 Å². The number of ether oxygens (including phenoxy) is 2. The zero-order valence-electron chi connectivity index (χ0n) is 20.4. The highest BCUT2D eigenvalue weighted by Gasteiger charge is 2.26. The van der Waals surface area contributed by atoms with Gasteiger partial charge in [-0.15, -0.1) is 0 Å². The molecule has 1 aromatic heterocycles. The quantitative estimate of drug-likeness (QED) is 0.330. The van der Waals surface area contributed by atoms with E-state index in [-0.39, 0.29) is 23.9 Å². The molecule has 178 valence electrons. The molecular weight excluding hydrogens is 410 g/mol. The van der Waals surface area contributed by atoms with E-state index in [0.717, 1.165) is 43.4 Å². The van der Waals surface area contributed by atoms with Crippen molar-refractivity contribution < 1.29 is 14.3 Å². The molecule has 1 aliphatic rings. The lowest BCUT2D eigenvalue weighted by Gasteiger charge is -2.28. The second kappa shape index (κ2) is 13.4. The van der Waals surface area contributed by atoms with Crippen LogP contribution in [0.1, 0.15) is 80.6 Å². The summed E-state index contributed by atoms with van der Waals surface area (Å²) in [5, 5.41) is 0. The second-order valence-corrected chi connectivity index (χ2v) is 9.24. The molecule has 0 spiro atoms. The Kier molecular flexibility index (Phi) is 10.3. The minimum Gasteiger partial charge on any atom is -0.378 e. The van der Waals surface area contributed by atoms with Crippen molar-refractivity contribution in [1.29, 1.82) is 0 Å². The van der Waals surface area contributed by atoms with Crippen LogP contribution in [-0.4, -0.2) is 30.1 Å². The number of hydrogen-bond donors (Lipinski definition) is 0. The van der Waals surface area contributed by atoms with E-state index in [4.69, 9.17) is 9.47 Å². The van der Waals surface area contributed by atoms with Gasteiger partial charge in [0.25, 0.3) is 0 Å². The van der Waals surface area contributed by atoms with Crippen molar-refractivity contribution in [1.82, 2.24) is 4.98 Å². The Labute approximate surface area is 199 Å². The van der Waals surface area contributed by atoms with Gasteiger partial charge < -0.3 is 9.47 Å². The average molecular weight is 450 g/mol. The summed E-state index contributed by atoms with van der Waals surface area (Å²) in [6, 6.07) is 14.2. The number of nitrogens with zero attached hydrogens (tertiary/aromatic N) is 1. The Bertz CT molecular complexity index is 877. The first-order valence-corrected chi connectivity index (χ1v) is 12.5. The van der Waals surface area contributed by atoms with Crippen LogP contribution in [0, 0.1) is 11.8 Å². The number of pyridine rings is 1. The van der Waals surface area contributed by atoms with Crippen LogP contribution in [0.2, 0.25) is 0 Å². The molecule has 33 heavy (non-hydrogen) atoms. The normalized spacial score (nSPS) is 22.5. The van der Waals surface area contributed by atoms with E-state index in [1.54, 1.807) is 6.20 Å². The SMILES string of the molecule is CCOC1CCCC(C(=O)c2cccnc2CC=CC(C)C)CCOC(c2ccccc2)C1. The largest absolute Gasteiger partial charge is 0.378 e. The molecule has 4 heteroatoms. The maximum Gasteiger partial charge on any atom is 0.167 e. The fraction of sp³-hybridized carbons (Fsp3) is 0.517. The highest BCUT2D eigenvalue weighted by Crippen LogP contribution is 2.30. The van der Waals surface area contributed by atoms with Gasteiger partial charge in [0.15, 0.2) is 5.78 Å². The summed E-state index contributed by atoms with van der Waals surface area (Å²) in [4.78, 5) is 18.1. The summed E-state index contributed by atoms with van der Waals surface area (Å²) < 4.78 is 12.4. The molecular formula is C29H39NO3. The van der Waals surface area contributed by atoms with Crippen LogP contribution in [0.5, 0.6) is 0 Å². The number of carbonyl (C=O) groups excluding carboxylic acids is 1. The van der Waals surface area contributed by atoms with Crippen LogP contribution >= 0.6 is 0 Å². The summed E-state index contributed by atoms with van der Waals surface area (Å²) in [6.07, 6.45) is 11.3. The van der Waals surface area contributed by atoms with Gasteiger partial charge >= 0.3 is 0 Å². The highest BCUT2D eigenvalue weighted by atomic mass is 16.5. The summed E-state index contributed by atoms with van der Waals surface area (Å²) in [5.74, 6) is 0.627. The van der Waals surface area contributed by atoms with Crippen LogP contribution in [0.15, 0.2) is 60.8 Å². The summed E-state index contributed by atoms with van der Waals surface area (Å²) in [6.45, 7) is 7.61. The first kappa shape index (κ1) is 25.3. The number of Topliss-reactive ketones (excluding diaryl/α,β-unsaturated/α-hetero) is 1. The molecule has 3 unspecified atom stereocenters. The number of ketones is 1. The first-order chi connectivity index (χ1) is 16.1. The van der Waals surface area contributed by atoms with Gasteiger partial charge in [-0.25, -0.2) is 0 Å². The standard InChI is InChI=1S/C29H39NO3/c1-4-32-25-15-9-14-24(18-20-33-28(21-25)23-12-6-5-7-13-23)29(31)26-16-10-19-30-27(26)17-8-11-22(2)3/h5-8,10-13,16,19,22,24-25,28H,4,9,14-15,17-18,20-21H2,1-3H3. The number of benzene rings is 1. The molecule has 0 radical (unpaired) electrons. The minimum atomic E-state index is -0.0566. The van der Waals surface area contributed by atoms with E-state index in [0.29, 0.717) is 25.6 Å². The Hall–Kier alpha value is -2.30. The average Bonchev–Trinajstić information content (AvgIpc) is 2.83. The maximum absolute atomic E-state index is 13.6. The predicted molar refractivity (Wildman–Crippen MR) is 133 cm³/mol. The Morgan fingerprint density at radius 1 is 1.15 bits per heavy atom. The predicted octanol–water partition coefficient (Wildman–Crippen LogP) is 6.76. The third kappa shape index (κ3) is 7.90. The van der Waals surface area contributed by atoms with Crippen LogP contribution in [0.4, 0.5) is 0 Å². The molecule has 3 rings (SSSR count). The van der Waals surface area contributed by atoms with Gasteiger partial charge in [0, 0.05) is 43.7 Å². The summed E-state index contributed by atoms with van der Waals surface area (Å²) >= 11 is 0. The van der Waals surface area contributed by atoms with Crippen molar-refractivity contribution in [3.63, 3.8) is 0 Å². The fourth-order valence-corrected chi connectivity index (χ4v) is 4.56. The molecule has 0 amide bonds. The number of carbonyl (C=O) groups is 1. The van der Waals surface area contributed by atoms with Gasteiger partial charge in [0.05, 0.1) is 17.9 Å². The Morgan fingerprint density at radius 2 is 1.97 bits per heavy atom. The molecule has 4 nitrogen and oxygen atoms in total. The van der Waals surface area contributed by atoms with Crippen molar-refractivity contribution in [2.45, 2.75) is 71.5 Å². The second-order valence-electron chi connectivity index (χ2n) is 9.24. The molecule has 1 aliphatic heterocycles. The minimum absolute atomic E-state index is 0.00766. The van der Waals surface area contributed by atoms with Crippen molar-refractivity contribution >= 4 is 5.78 Å². The van der Waals surface area contributed by atoms with Crippen molar-refractivity contribution in [3.8, 4) is 0 Å². The van der Waals surface area contributed by atoms with E-state index < -0.39 is 0 Å². The van der Waals surface area contributed by atoms with Gasteiger partial charge in [0.2, 0.25) is 0 Å². The van der Waals surface area contributed by atoms with Gasteiger partial charge in [-0.05, 0) is 49.8 Å². The molecule has 1 fully saturated rings. The van der Waals surface area contributed by atoms with Crippen LogP contribution in [0.25, 0.3) is 0 Å². The summed E-state index contributed by atoms with van der Waals surface area (Å²) in [5.41, 5.74) is 2.80. The van der Waals surface area contributed by atoms with E-state index in [2.05, 4.69) is 55.2 Å². The van der Waals surface area contributed by atoms with Crippen molar-refractivity contribution in [2.24, 2.45) is 11.8 Å². The van der Waals surface area contributed by atoms with E-state index in [1.165, 1.54) is 5.56 Å². The fourth-order valence-electron chi connectivity index (χ4n) is 4.56. The Morgan fingerprint density at radius 3 is 2.73 bits per heavy atom. The van der Waals surface area contributed by atoms with Crippen LogP contribution in [-0.2, 0) is 15.9 Å². The van der Waals surface area contributed by atoms with Gasteiger partial charge in [0.1, 0.15) is 0 Å². The lowest BCUT2D eigenvalue weighted by molar-refractivity contribution is -0.0267. The molecule has 2 aromatic rings. The highest BCUT2D eigenvalue weighted by molar-refractivity contribution is 5.98. The number of hydrogen-bond acceptors (Lipinski definition) is 4. The van der Waals surface area contributed by atoms with E-state index >= 15 is 0 Å². The molecule has 3 atom stereocenters. The van der Waals surface area contributed by atoms with Crippen LogP contribution < -0.4 is 0 Å². The zero-order chi connectivity index (χ0) is 23.5. The first-order valence-electron chi connectivity index (χ1n) is 12.5. The number of rotatable bonds is 8. The van der Waals surface area contributed by atoms with E-state index in [1.807, 2.05) is 25.1 Å². The third-order valence-corrected chi connectivity index (χ3v) is 6.27. The molecule has 0 saturated carbocycles. The molecule has 0 N–H and O–H groups in total. The lowest BCUT2D eigenvalue weighted by atomic mass is 9.87. The molecule has 0 aliphatic carbocycles. The maximum atomic E-state index is 13.6. The smallest absolute Gasteiger partial charge is 0.167 e. The van der Waals surface area contributed by atoms with Crippen molar-refractivity contribution in [2.75, 3.05) is 13.2 Å².